The molecule has 0 amide bonds. The summed E-state index contributed by atoms with van der Waals surface area (Å²) in [6, 6.07) is 0. The average Bonchev–Trinajstić information content (AvgIpc) is 1.35. The molecule has 0 unspecified atom stereocenters. The summed E-state index contributed by atoms with van der Waals surface area (Å²) in [5.74, 6) is 0. The predicted octanol–water partition coefficient (Wildman–Crippen LogP) is -0.197. The zero-order chi connectivity index (χ0) is 5.21. The normalized spacial score (nSPS) is 10.1. The van der Waals surface area contributed by atoms with Gasteiger partial charge in [-0.15, -0.1) is 0 Å². The van der Waals surface area contributed by atoms with E-state index in [0.29, 0.717) is 0 Å². The minimum atomic E-state index is -3.65. The summed E-state index contributed by atoms with van der Waals surface area (Å²) in [5, 5.41) is 0. The van der Waals surface area contributed by atoms with Gasteiger partial charge in [-0.1, -0.05) is 6.92 Å². The van der Waals surface area contributed by atoms with Gasteiger partial charge >= 0.3 is 7.60 Å². The Morgan fingerprint density at radius 3 is 1.71 bits per heavy atom. The molecular weight excluding hydrogens is 126 g/mol. The Balaban J connectivity index is 0. The Bertz CT molecular complexity index is 77.0. The van der Waals surface area contributed by atoms with Crippen molar-refractivity contribution in [3.63, 3.8) is 0 Å². The van der Waals surface area contributed by atoms with Gasteiger partial charge in [0, 0.05) is 35.7 Å². The second kappa shape index (κ2) is 4.07. The van der Waals surface area contributed by atoms with Crippen LogP contribution < -0.4 is 0 Å². The van der Waals surface area contributed by atoms with Gasteiger partial charge in [0.1, 0.15) is 0 Å². The molecule has 0 rings (SSSR count). The Kier molecular flexibility index (Phi) is 6.41. The van der Waals surface area contributed by atoms with Crippen molar-refractivity contribution >= 4 is 37.2 Å². The second-order valence-electron chi connectivity index (χ2n) is 0.981. The molecule has 0 heterocycles. The molecule has 0 aromatic heterocycles. The third-order valence-corrected chi connectivity index (χ3v) is 1.24. The molecule has 3 nitrogen and oxygen atoms in total. The van der Waals surface area contributed by atoms with Gasteiger partial charge in [0.2, 0.25) is 0 Å². The molecule has 5 heteroatoms. The molecule has 7 heavy (non-hydrogen) atoms. The fourth-order valence-electron chi connectivity index (χ4n) is 0. The van der Waals surface area contributed by atoms with E-state index >= 15 is 0 Å². The third kappa shape index (κ3) is 11.0. The van der Waals surface area contributed by atoms with Gasteiger partial charge in [-0.2, -0.15) is 0 Å². The summed E-state index contributed by atoms with van der Waals surface area (Å²) >= 11 is 0. The molecule has 0 aliphatic carbocycles. The van der Waals surface area contributed by atoms with E-state index in [0.717, 1.165) is 0 Å². The first kappa shape index (κ1) is 11.0. The summed E-state index contributed by atoms with van der Waals surface area (Å²) < 4.78 is 9.69. The Morgan fingerprint density at radius 1 is 1.57 bits per heavy atom. The molecule has 0 saturated heterocycles. The first-order valence-electron chi connectivity index (χ1n) is 1.61. The molecule has 1 radical (unpaired) electrons. The molecule has 0 aliphatic rings. The molecular formula is C2H7NaO3P. The minimum absolute atomic E-state index is 0. The van der Waals surface area contributed by atoms with Crippen LogP contribution >= 0.6 is 7.60 Å². The van der Waals surface area contributed by atoms with Crippen molar-refractivity contribution in [2.45, 2.75) is 6.92 Å². The van der Waals surface area contributed by atoms with Gasteiger partial charge in [0.15, 0.2) is 0 Å². The minimum Gasteiger partial charge on any atom is -0.324 e. The molecule has 0 fully saturated rings. The van der Waals surface area contributed by atoms with Crippen LogP contribution in [0, 0.1) is 0 Å². The van der Waals surface area contributed by atoms with Crippen LogP contribution in [0.4, 0.5) is 0 Å². The molecule has 0 bridgehead atoms. The smallest absolute Gasteiger partial charge is 0.324 e. The van der Waals surface area contributed by atoms with Crippen LogP contribution in [0.25, 0.3) is 0 Å². The van der Waals surface area contributed by atoms with Crippen LogP contribution in [-0.2, 0) is 4.57 Å². The SMILES string of the molecule is CCP(=O)(O)O.[Na]. The molecule has 2 N–H and O–H groups in total. The van der Waals surface area contributed by atoms with E-state index in [1.54, 1.807) is 0 Å². The largest absolute Gasteiger partial charge is 0.325 e. The fraction of sp³-hybridized carbons (Fsp3) is 1.00. The zero-order valence-corrected chi connectivity index (χ0v) is 7.35. The first-order valence-corrected chi connectivity index (χ1v) is 3.40. The van der Waals surface area contributed by atoms with E-state index in [1.165, 1.54) is 6.92 Å². The molecule has 0 atom stereocenters. The van der Waals surface area contributed by atoms with E-state index in [-0.39, 0.29) is 35.7 Å². The van der Waals surface area contributed by atoms with E-state index in [2.05, 4.69) is 0 Å². The molecule has 0 aromatic rings. The van der Waals surface area contributed by atoms with Crippen molar-refractivity contribution in [1.29, 1.82) is 0 Å². The van der Waals surface area contributed by atoms with Gasteiger partial charge in [-0.05, 0) is 0 Å². The second-order valence-corrected chi connectivity index (χ2v) is 2.94. The van der Waals surface area contributed by atoms with Crippen molar-refractivity contribution in [3.8, 4) is 0 Å². The van der Waals surface area contributed by atoms with Crippen LogP contribution in [0.1, 0.15) is 6.92 Å². The molecule has 0 saturated carbocycles. The van der Waals surface area contributed by atoms with Gasteiger partial charge in [-0.3, -0.25) is 4.57 Å². The van der Waals surface area contributed by atoms with Gasteiger partial charge in [0.05, 0.1) is 0 Å². The maximum atomic E-state index is 9.69. The van der Waals surface area contributed by atoms with Crippen molar-refractivity contribution in [2.75, 3.05) is 6.16 Å². The summed E-state index contributed by atoms with van der Waals surface area (Å²) in [6.45, 7) is 1.45. The van der Waals surface area contributed by atoms with Crippen LogP contribution in [0.15, 0.2) is 0 Å². The summed E-state index contributed by atoms with van der Waals surface area (Å²) in [6.07, 6.45) is -0.0625. The zero-order valence-electron chi connectivity index (χ0n) is 4.46. The van der Waals surface area contributed by atoms with E-state index in [4.69, 9.17) is 9.79 Å². The molecule has 0 aliphatic heterocycles. The van der Waals surface area contributed by atoms with E-state index < -0.39 is 7.60 Å². The Morgan fingerprint density at radius 2 is 1.71 bits per heavy atom. The number of hydrogen-bond acceptors (Lipinski definition) is 1. The van der Waals surface area contributed by atoms with Crippen molar-refractivity contribution < 1.29 is 14.4 Å². The van der Waals surface area contributed by atoms with Crippen LogP contribution in [0.5, 0.6) is 0 Å². The first-order chi connectivity index (χ1) is 2.56. The summed E-state index contributed by atoms with van der Waals surface area (Å²) in [5.41, 5.74) is 0. The van der Waals surface area contributed by atoms with Crippen LogP contribution in [-0.4, -0.2) is 45.5 Å². The van der Waals surface area contributed by atoms with Crippen molar-refractivity contribution in [3.05, 3.63) is 0 Å². The molecule has 39 valence electrons. The summed E-state index contributed by atoms with van der Waals surface area (Å²) in [7, 11) is -3.65. The maximum Gasteiger partial charge on any atom is 0.325 e. The van der Waals surface area contributed by atoms with Crippen LogP contribution in [0.2, 0.25) is 0 Å². The summed E-state index contributed by atoms with van der Waals surface area (Å²) in [4.78, 5) is 15.9. The van der Waals surface area contributed by atoms with Crippen molar-refractivity contribution in [2.24, 2.45) is 0 Å². The monoisotopic (exact) mass is 133 g/mol. The fourth-order valence-corrected chi connectivity index (χ4v) is 0. The van der Waals surface area contributed by atoms with Gasteiger partial charge in [-0.25, -0.2) is 0 Å². The van der Waals surface area contributed by atoms with E-state index in [9.17, 15) is 4.57 Å². The molecule has 0 aromatic carbocycles. The average molecular weight is 133 g/mol. The topological polar surface area (TPSA) is 57.5 Å². The number of hydrogen-bond donors (Lipinski definition) is 2. The van der Waals surface area contributed by atoms with E-state index in [1.807, 2.05) is 0 Å². The quantitative estimate of drug-likeness (QED) is 0.384. The van der Waals surface area contributed by atoms with Gasteiger partial charge < -0.3 is 9.79 Å². The Labute approximate surface area is 64.6 Å². The number of rotatable bonds is 1. The van der Waals surface area contributed by atoms with Crippen molar-refractivity contribution in [1.82, 2.24) is 0 Å². The Hall–Kier alpha value is 1.15. The van der Waals surface area contributed by atoms with Gasteiger partial charge in [0.25, 0.3) is 0 Å². The standard InChI is InChI=1S/C2H7O3P.Na/c1-2-6(3,4)5;/h2H2,1H3,(H2,3,4,5);. The predicted molar refractivity (Wildman–Crippen MR) is 28.3 cm³/mol. The van der Waals surface area contributed by atoms with Crippen LogP contribution in [0.3, 0.4) is 0 Å². The maximum absolute atomic E-state index is 9.69. The molecule has 0 spiro atoms. The third-order valence-electron chi connectivity index (χ3n) is 0.412.